The SMILES string of the molecule is CCCCn1c(C)c(Cc2ccccc2)c(=O)c(C(=O)Nc2c(CC)cccc2CC)c1C. The molecule has 0 aliphatic carbocycles. The summed E-state index contributed by atoms with van der Waals surface area (Å²) in [5.74, 6) is -0.312. The standard InChI is InChI=1S/C29H36N2O2/c1-6-9-18-31-20(4)25(19-22-14-11-10-12-15-22)28(32)26(21(31)5)29(33)30-27-23(7-2)16-13-17-24(27)8-3/h10-17H,6-9,18-19H2,1-5H3,(H,30,33). The molecule has 2 aromatic carbocycles. The van der Waals surface area contributed by atoms with E-state index in [0.717, 1.165) is 66.0 Å². The molecule has 0 saturated carbocycles. The van der Waals surface area contributed by atoms with E-state index in [-0.39, 0.29) is 16.9 Å². The van der Waals surface area contributed by atoms with E-state index in [0.29, 0.717) is 12.0 Å². The Hall–Kier alpha value is -3.14. The molecule has 0 fully saturated rings. The number of carbonyl (C=O) groups excluding carboxylic acids is 1. The second-order valence-corrected chi connectivity index (χ2v) is 8.63. The number of aromatic nitrogens is 1. The number of nitrogens with zero attached hydrogens (tertiary/aromatic N) is 1. The molecule has 3 rings (SSSR count). The summed E-state index contributed by atoms with van der Waals surface area (Å²) >= 11 is 0. The number of para-hydroxylation sites is 1. The van der Waals surface area contributed by atoms with Crippen molar-refractivity contribution in [3.63, 3.8) is 0 Å². The van der Waals surface area contributed by atoms with Crippen LogP contribution in [-0.2, 0) is 25.8 Å². The van der Waals surface area contributed by atoms with Crippen molar-refractivity contribution in [3.05, 3.63) is 98.0 Å². The molecular weight excluding hydrogens is 408 g/mol. The molecule has 0 unspecified atom stereocenters. The van der Waals surface area contributed by atoms with Gasteiger partial charge in [0.1, 0.15) is 5.56 Å². The van der Waals surface area contributed by atoms with Gasteiger partial charge in [-0.1, -0.05) is 75.7 Å². The summed E-state index contributed by atoms with van der Waals surface area (Å²) in [6.07, 6.45) is 4.19. The van der Waals surface area contributed by atoms with Gasteiger partial charge < -0.3 is 9.88 Å². The highest BCUT2D eigenvalue weighted by molar-refractivity contribution is 6.06. The average Bonchev–Trinajstić information content (AvgIpc) is 2.82. The predicted molar refractivity (Wildman–Crippen MR) is 137 cm³/mol. The molecule has 0 saturated heterocycles. The molecule has 4 nitrogen and oxygen atoms in total. The Labute approximate surface area is 197 Å². The van der Waals surface area contributed by atoms with Crippen molar-refractivity contribution in [1.82, 2.24) is 4.57 Å². The fraction of sp³-hybridized carbons (Fsp3) is 0.379. The number of rotatable bonds is 9. The van der Waals surface area contributed by atoms with Crippen LogP contribution in [0.25, 0.3) is 0 Å². The highest BCUT2D eigenvalue weighted by atomic mass is 16.2. The summed E-state index contributed by atoms with van der Waals surface area (Å²) < 4.78 is 2.16. The molecule has 0 atom stereocenters. The van der Waals surface area contributed by atoms with Gasteiger partial charge in [0, 0.05) is 35.6 Å². The molecule has 1 amide bonds. The maximum atomic E-state index is 13.7. The van der Waals surface area contributed by atoms with Gasteiger partial charge in [-0.3, -0.25) is 9.59 Å². The third-order valence-corrected chi connectivity index (χ3v) is 6.53. The largest absolute Gasteiger partial charge is 0.348 e. The van der Waals surface area contributed by atoms with Crippen molar-refractivity contribution in [3.8, 4) is 0 Å². The molecule has 1 aromatic heterocycles. The molecule has 0 aliphatic heterocycles. The first kappa shape index (κ1) is 24.5. The predicted octanol–water partition coefficient (Wildman–Crippen LogP) is 6.23. The van der Waals surface area contributed by atoms with Crippen LogP contribution in [0.15, 0.2) is 53.3 Å². The Bertz CT molecular complexity index is 1150. The lowest BCUT2D eigenvalue weighted by molar-refractivity contribution is 0.102. The van der Waals surface area contributed by atoms with Crippen molar-refractivity contribution in [1.29, 1.82) is 0 Å². The molecule has 33 heavy (non-hydrogen) atoms. The molecule has 4 heteroatoms. The highest BCUT2D eigenvalue weighted by Gasteiger charge is 2.23. The number of unbranched alkanes of at least 4 members (excludes halogenated alkanes) is 1. The maximum absolute atomic E-state index is 13.7. The highest BCUT2D eigenvalue weighted by Crippen LogP contribution is 2.24. The van der Waals surface area contributed by atoms with Gasteiger partial charge in [0.15, 0.2) is 5.43 Å². The minimum Gasteiger partial charge on any atom is -0.348 e. The smallest absolute Gasteiger partial charge is 0.261 e. The number of nitrogens with one attached hydrogen (secondary N) is 1. The van der Waals surface area contributed by atoms with E-state index < -0.39 is 0 Å². The monoisotopic (exact) mass is 444 g/mol. The van der Waals surface area contributed by atoms with E-state index in [4.69, 9.17) is 0 Å². The first-order chi connectivity index (χ1) is 15.9. The van der Waals surface area contributed by atoms with Gasteiger partial charge in [0.25, 0.3) is 5.91 Å². The molecule has 1 N–H and O–H groups in total. The normalized spacial score (nSPS) is 10.9. The maximum Gasteiger partial charge on any atom is 0.261 e. The summed E-state index contributed by atoms with van der Waals surface area (Å²) in [5.41, 5.74) is 6.58. The van der Waals surface area contributed by atoms with Gasteiger partial charge in [-0.15, -0.1) is 0 Å². The van der Waals surface area contributed by atoms with Crippen molar-refractivity contribution >= 4 is 11.6 Å². The van der Waals surface area contributed by atoms with Gasteiger partial charge in [0.2, 0.25) is 0 Å². The van der Waals surface area contributed by atoms with E-state index in [9.17, 15) is 9.59 Å². The van der Waals surface area contributed by atoms with Crippen LogP contribution < -0.4 is 10.7 Å². The van der Waals surface area contributed by atoms with Crippen LogP contribution in [0.3, 0.4) is 0 Å². The Morgan fingerprint density at radius 2 is 1.52 bits per heavy atom. The third kappa shape index (κ3) is 5.27. The number of carbonyl (C=O) groups is 1. The van der Waals surface area contributed by atoms with E-state index in [1.165, 1.54) is 0 Å². The zero-order valence-corrected chi connectivity index (χ0v) is 20.6. The molecule has 0 spiro atoms. The van der Waals surface area contributed by atoms with Crippen molar-refractivity contribution < 1.29 is 4.79 Å². The van der Waals surface area contributed by atoms with E-state index in [1.54, 1.807) is 0 Å². The number of anilines is 1. The molecule has 0 bridgehead atoms. The van der Waals surface area contributed by atoms with Crippen molar-refractivity contribution in [2.24, 2.45) is 0 Å². The Morgan fingerprint density at radius 1 is 0.879 bits per heavy atom. The summed E-state index contributed by atoms with van der Waals surface area (Å²) in [4.78, 5) is 27.3. The third-order valence-electron chi connectivity index (χ3n) is 6.53. The first-order valence-corrected chi connectivity index (χ1v) is 12.1. The van der Waals surface area contributed by atoms with Gasteiger partial charge >= 0.3 is 0 Å². The number of hydrogen-bond donors (Lipinski definition) is 1. The van der Waals surface area contributed by atoms with Gasteiger partial charge in [-0.2, -0.15) is 0 Å². The van der Waals surface area contributed by atoms with Crippen LogP contribution in [0, 0.1) is 13.8 Å². The summed E-state index contributed by atoms with van der Waals surface area (Å²) in [6.45, 7) is 11.0. The summed E-state index contributed by atoms with van der Waals surface area (Å²) in [5, 5.41) is 3.12. The van der Waals surface area contributed by atoms with Gasteiger partial charge in [0.05, 0.1) is 0 Å². The first-order valence-electron chi connectivity index (χ1n) is 12.1. The van der Waals surface area contributed by atoms with Crippen LogP contribution in [0.1, 0.15) is 77.6 Å². The van der Waals surface area contributed by atoms with Crippen LogP contribution >= 0.6 is 0 Å². The zero-order valence-electron chi connectivity index (χ0n) is 20.6. The Morgan fingerprint density at radius 3 is 2.09 bits per heavy atom. The minimum absolute atomic E-state index is 0.161. The topological polar surface area (TPSA) is 51.1 Å². The van der Waals surface area contributed by atoms with Crippen molar-refractivity contribution in [2.75, 3.05) is 5.32 Å². The quantitative estimate of drug-likeness (QED) is 0.425. The Balaban J connectivity index is 2.13. The second kappa shape index (κ2) is 11.1. The fourth-order valence-corrected chi connectivity index (χ4v) is 4.54. The van der Waals surface area contributed by atoms with Crippen molar-refractivity contribution in [2.45, 2.75) is 73.3 Å². The molecule has 0 aliphatic rings. The number of hydrogen-bond acceptors (Lipinski definition) is 2. The van der Waals surface area contributed by atoms with Crippen LogP contribution in [-0.4, -0.2) is 10.5 Å². The lowest BCUT2D eigenvalue weighted by Gasteiger charge is -2.22. The fourth-order valence-electron chi connectivity index (χ4n) is 4.54. The number of benzene rings is 2. The van der Waals surface area contributed by atoms with Gasteiger partial charge in [-0.05, 0) is 49.8 Å². The minimum atomic E-state index is -0.312. The molecule has 174 valence electrons. The average molecular weight is 445 g/mol. The van der Waals surface area contributed by atoms with E-state index >= 15 is 0 Å². The summed E-state index contributed by atoms with van der Waals surface area (Å²) in [7, 11) is 0. The molecule has 1 heterocycles. The lowest BCUT2D eigenvalue weighted by Crippen LogP contribution is -2.31. The lowest BCUT2D eigenvalue weighted by atomic mass is 9.98. The molecule has 3 aromatic rings. The van der Waals surface area contributed by atoms with E-state index in [2.05, 4.69) is 30.7 Å². The summed E-state index contributed by atoms with van der Waals surface area (Å²) in [6, 6.07) is 16.1. The zero-order chi connectivity index (χ0) is 24.0. The molecule has 0 radical (unpaired) electrons. The van der Waals surface area contributed by atoms with Crippen LogP contribution in [0.2, 0.25) is 0 Å². The second-order valence-electron chi connectivity index (χ2n) is 8.63. The van der Waals surface area contributed by atoms with Crippen LogP contribution in [0.4, 0.5) is 5.69 Å². The van der Waals surface area contributed by atoms with Crippen LogP contribution in [0.5, 0.6) is 0 Å². The number of amides is 1. The van der Waals surface area contributed by atoms with Gasteiger partial charge in [-0.25, -0.2) is 0 Å². The number of aryl methyl sites for hydroxylation is 2. The van der Waals surface area contributed by atoms with E-state index in [1.807, 2.05) is 62.4 Å². The molecular formula is C29H36N2O2. The Kier molecular flexibility index (Phi) is 8.26. The number of pyridine rings is 1.